The van der Waals surface area contributed by atoms with Crippen LogP contribution in [0.2, 0.25) is 0 Å². The van der Waals surface area contributed by atoms with E-state index in [1.165, 1.54) is 120 Å². The summed E-state index contributed by atoms with van der Waals surface area (Å²) in [6.07, 6.45) is 29.3. The van der Waals surface area contributed by atoms with Crippen LogP contribution in [0.4, 0.5) is 0 Å². The molecule has 0 aliphatic heterocycles. The van der Waals surface area contributed by atoms with Crippen molar-refractivity contribution in [2.24, 2.45) is 52.3 Å². The molecule has 5 rings (SSSR count). The Morgan fingerprint density at radius 3 is 2.26 bits per heavy atom. The summed E-state index contributed by atoms with van der Waals surface area (Å²) in [6.45, 7) is 17.0. The Balaban J connectivity index is 1.46. The van der Waals surface area contributed by atoms with E-state index < -0.39 is 0 Å². The average molecular weight is 477 g/mol. The molecule has 0 spiro atoms. The number of allylic oxidation sites excluding steroid dienone is 4. The van der Waals surface area contributed by atoms with Crippen molar-refractivity contribution < 1.29 is 0 Å². The van der Waals surface area contributed by atoms with Gasteiger partial charge in [0.05, 0.1) is 0 Å². The maximum Gasteiger partial charge on any atom is -0.0227 e. The third-order valence-electron chi connectivity index (χ3n) is 12.6. The Hall–Kier alpha value is -0.780. The summed E-state index contributed by atoms with van der Waals surface area (Å²) >= 11 is 0. The normalized spacial score (nSPS) is 42.4. The molecule has 196 valence electrons. The molecule has 5 fully saturated rings. The second kappa shape index (κ2) is 10.5. The lowest BCUT2D eigenvalue weighted by Crippen LogP contribution is -2.50. The maximum atomic E-state index is 4.73. The zero-order valence-corrected chi connectivity index (χ0v) is 23.6. The van der Waals surface area contributed by atoms with Gasteiger partial charge in [0.25, 0.3) is 0 Å². The SMILES string of the molecule is C=C(/C=C/C1CCCCC1)CC1C2C(C)CCC2C2(C)CC1(C1CCCCC1)CC2CC(=C)CC. The number of hydrogen-bond donors (Lipinski definition) is 0. The third kappa shape index (κ3) is 4.79. The molecular weight excluding hydrogens is 420 g/mol. The second-order valence-corrected chi connectivity index (χ2v) is 14.4. The highest BCUT2D eigenvalue weighted by atomic mass is 14.7. The molecule has 5 saturated carbocycles. The van der Waals surface area contributed by atoms with Crippen LogP contribution >= 0.6 is 0 Å². The van der Waals surface area contributed by atoms with E-state index in [0.717, 1.165) is 41.4 Å². The molecule has 0 amide bonds. The molecule has 5 aliphatic carbocycles. The van der Waals surface area contributed by atoms with Crippen molar-refractivity contribution in [1.29, 1.82) is 0 Å². The largest absolute Gasteiger partial charge is 0.0999 e. The second-order valence-electron chi connectivity index (χ2n) is 14.4. The van der Waals surface area contributed by atoms with Gasteiger partial charge < -0.3 is 0 Å². The molecule has 7 atom stereocenters. The van der Waals surface area contributed by atoms with Crippen molar-refractivity contribution in [3.05, 3.63) is 36.5 Å². The number of fused-ring (bicyclic) bond motifs is 4. The molecular formula is C35H56. The molecule has 5 aliphatic rings. The fraction of sp³-hybridized carbons (Fsp3) is 0.829. The van der Waals surface area contributed by atoms with Gasteiger partial charge in [0.1, 0.15) is 0 Å². The summed E-state index contributed by atoms with van der Waals surface area (Å²) < 4.78 is 0. The standard InChI is InChI=1S/C35H56/c1-6-25(2)21-30-23-35(29-15-11-8-12-16-29)24-34(30,5)31-20-18-27(4)33(31)32(35)22-26(3)17-19-28-13-9-7-10-14-28/h17,19,27-33H,2-3,6-16,18,20-24H2,1,4-5H3/b19-17+. The summed E-state index contributed by atoms with van der Waals surface area (Å²) in [5.41, 5.74) is 4.08. The van der Waals surface area contributed by atoms with Crippen molar-refractivity contribution in [3.63, 3.8) is 0 Å². The summed E-state index contributed by atoms with van der Waals surface area (Å²) in [6, 6.07) is 0. The first-order chi connectivity index (χ1) is 16.9. The van der Waals surface area contributed by atoms with E-state index in [1.807, 2.05) is 0 Å². The van der Waals surface area contributed by atoms with Crippen molar-refractivity contribution in [3.8, 4) is 0 Å². The minimum absolute atomic E-state index is 0.542. The smallest absolute Gasteiger partial charge is 0.0227 e. The van der Waals surface area contributed by atoms with Gasteiger partial charge in [-0.3, -0.25) is 0 Å². The van der Waals surface area contributed by atoms with E-state index in [1.54, 1.807) is 0 Å². The average Bonchev–Trinajstić information content (AvgIpc) is 3.39. The van der Waals surface area contributed by atoms with E-state index in [4.69, 9.17) is 6.58 Å². The first kappa shape index (κ1) is 25.9. The van der Waals surface area contributed by atoms with Gasteiger partial charge in [0.2, 0.25) is 0 Å². The van der Waals surface area contributed by atoms with Gasteiger partial charge in [-0.1, -0.05) is 102 Å². The summed E-state index contributed by atoms with van der Waals surface area (Å²) in [4.78, 5) is 0. The Labute approximate surface area is 218 Å². The predicted molar refractivity (Wildman–Crippen MR) is 152 cm³/mol. The summed E-state index contributed by atoms with van der Waals surface area (Å²) in [5.74, 6) is 6.27. The molecule has 0 aromatic rings. The fourth-order valence-corrected chi connectivity index (χ4v) is 10.8. The number of hydrogen-bond acceptors (Lipinski definition) is 0. The van der Waals surface area contributed by atoms with Crippen LogP contribution in [0.15, 0.2) is 36.5 Å². The molecule has 0 saturated heterocycles. The monoisotopic (exact) mass is 476 g/mol. The molecule has 0 nitrogen and oxygen atoms in total. The Kier molecular flexibility index (Phi) is 7.78. The summed E-state index contributed by atoms with van der Waals surface area (Å²) in [5, 5.41) is 0. The lowest BCUT2D eigenvalue weighted by Gasteiger charge is -2.57. The van der Waals surface area contributed by atoms with Gasteiger partial charge in [-0.25, -0.2) is 0 Å². The quantitative estimate of drug-likeness (QED) is 0.241. The van der Waals surface area contributed by atoms with Gasteiger partial charge in [-0.05, 0) is 116 Å². The predicted octanol–water partition coefficient (Wildman–Crippen LogP) is 10.7. The van der Waals surface area contributed by atoms with Gasteiger partial charge in [0.15, 0.2) is 0 Å². The van der Waals surface area contributed by atoms with E-state index in [0.29, 0.717) is 10.8 Å². The third-order valence-corrected chi connectivity index (χ3v) is 12.6. The van der Waals surface area contributed by atoms with E-state index in [2.05, 4.69) is 39.5 Å². The maximum absolute atomic E-state index is 4.73. The van der Waals surface area contributed by atoms with Crippen LogP contribution in [0.5, 0.6) is 0 Å². The van der Waals surface area contributed by atoms with Crippen LogP contribution in [0.3, 0.4) is 0 Å². The Morgan fingerprint density at radius 1 is 0.886 bits per heavy atom. The zero-order valence-electron chi connectivity index (χ0n) is 23.6. The highest BCUT2D eigenvalue weighted by molar-refractivity contribution is 5.23. The molecule has 0 radical (unpaired) electrons. The van der Waals surface area contributed by atoms with Crippen molar-refractivity contribution in [1.82, 2.24) is 0 Å². The van der Waals surface area contributed by atoms with Gasteiger partial charge in [0, 0.05) is 0 Å². The van der Waals surface area contributed by atoms with Crippen LogP contribution < -0.4 is 0 Å². The van der Waals surface area contributed by atoms with Crippen molar-refractivity contribution >= 4 is 0 Å². The van der Waals surface area contributed by atoms with Crippen LogP contribution in [0, 0.1) is 52.3 Å². The highest BCUT2D eigenvalue weighted by Crippen LogP contribution is 2.75. The highest BCUT2D eigenvalue weighted by Gasteiger charge is 2.68. The number of rotatable bonds is 8. The first-order valence-corrected chi connectivity index (χ1v) is 15.9. The molecule has 0 aromatic carbocycles. The topological polar surface area (TPSA) is 0 Å². The molecule has 7 unspecified atom stereocenters. The Morgan fingerprint density at radius 2 is 1.57 bits per heavy atom. The molecule has 0 heteroatoms. The molecule has 0 N–H and O–H groups in total. The summed E-state index contributed by atoms with van der Waals surface area (Å²) in [7, 11) is 0. The van der Waals surface area contributed by atoms with E-state index in [-0.39, 0.29) is 0 Å². The molecule has 2 bridgehead atoms. The molecule has 35 heavy (non-hydrogen) atoms. The Bertz CT molecular complexity index is 789. The van der Waals surface area contributed by atoms with Crippen LogP contribution in [-0.4, -0.2) is 0 Å². The molecule has 0 heterocycles. The van der Waals surface area contributed by atoms with Crippen molar-refractivity contribution in [2.45, 2.75) is 130 Å². The van der Waals surface area contributed by atoms with E-state index >= 15 is 0 Å². The lowest BCUT2D eigenvalue weighted by atomic mass is 9.48. The van der Waals surface area contributed by atoms with Gasteiger partial charge in [-0.15, -0.1) is 0 Å². The van der Waals surface area contributed by atoms with Crippen LogP contribution in [0.25, 0.3) is 0 Å². The first-order valence-electron chi connectivity index (χ1n) is 15.9. The van der Waals surface area contributed by atoms with Gasteiger partial charge in [-0.2, -0.15) is 0 Å². The minimum Gasteiger partial charge on any atom is -0.0999 e. The fourth-order valence-electron chi connectivity index (χ4n) is 10.8. The van der Waals surface area contributed by atoms with E-state index in [9.17, 15) is 0 Å². The zero-order chi connectivity index (χ0) is 24.6. The van der Waals surface area contributed by atoms with Crippen LogP contribution in [0.1, 0.15) is 130 Å². The molecule has 0 aromatic heterocycles. The van der Waals surface area contributed by atoms with Crippen LogP contribution in [-0.2, 0) is 0 Å². The van der Waals surface area contributed by atoms with Gasteiger partial charge >= 0.3 is 0 Å². The van der Waals surface area contributed by atoms with Crippen molar-refractivity contribution in [2.75, 3.05) is 0 Å². The minimum atomic E-state index is 0.542. The lowest BCUT2D eigenvalue weighted by molar-refractivity contribution is -0.0765.